The van der Waals surface area contributed by atoms with Crippen molar-refractivity contribution >= 4 is 124 Å². The quantitative estimate of drug-likeness (QED) is 0.0891. The van der Waals surface area contributed by atoms with Crippen molar-refractivity contribution in [3.63, 3.8) is 0 Å². The lowest BCUT2D eigenvalue weighted by Gasteiger charge is -2.25. The molecule has 5 aromatic carbocycles. The molecule has 2 N–H and O–H groups in total. The Kier molecular flexibility index (Phi) is 13.4. The van der Waals surface area contributed by atoms with Crippen LogP contribution in [0.2, 0.25) is 20.1 Å². The Balaban J connectivity index is 1.13. The second-order valence-corrected chi connectivity index (χ2v) is 18.7. The highest BCUT2D eigenvalue weighted by molar-refractivity contribution is 7.86. The summed E-state index contributed by atoms with van der Waals surface area (Å²) in [5.74, 6) is -1.80. The molecule has 18 nitrogen and oxygen atoms in total. The first-order valence-electron chi connectivity index (χ1n) is 18.7. The van der Waals surface area contributed by atoms with E-state index in [-0.39, 0.29) is 61.3 Å². The Labute approximate surface area is 391 Å². The molecule has 0 saturated heterocycles. The van der Waals surface area contributed by atoms with Crippen molar-refractivity contribution in [2.24, 2.45) is 30.7 Å². The van der Waals surface area contributed by atoms with Gasteiger partial charge >= 0.3 is 0 Å². The van der Waals surface area contributed by atoms with Gasteiger partial charge < -0.3 is 4.90 Å². The average molecular weight is 1000 g/mol. The zero-order valence-corrected chi connectivity index (χ0v) is 38.4. The van der Waals surface area contributed by atoms with Gasteiger partial charge in [0.15, 0.2) is 12.1 Å². The SMILES string of the molecule is CC1=NN(c2cc(Cl)c(S(=O)(=O)O)cc2Cl)C(=O)C1N=Nc1cccc(C(=O)N(Cc2ccccc2)c2cc(N=NC3C(=O)N(c4cc(Cl)c(S(=O)(=O)O)cc4Cl)N=C3C)ccc2C)c1. The molecule has 3 amide bonds. The van der Waals surface area contributed by atoms with Crippen molar-refractivity contribution < 1.29 is 40.3 Å². The van der Waals surface area contributed by atoms with E-state index in [9.17, 15) is 40.3 Å². The molecule has 7 rings (SSSR count). The number of nitrogens with zero attached hydrogens (tertiary/aromatic N) is 9. The molecule has 2 aliphatic rings. The maximum Gasteiger partial charge on any atom is 0.296 e. The van der Waals surface area contributed by atoms with Gasteiger partial charge in [-0.05, 0) is 86.5 Å². The fraction of sp³-hybridized carbons (Fsp3) is 0.146. The summed E-state index contributed by atoms with van der Waals surface area (Å²) in [7, 11) is -9.41. The fourth-order valence-electron chi connectivity index (χ4n) is 6.57. The molecule has 0 fully saturated rings. The highest BCUT2D eigenvalue weighted by Crippen LogP contribution is 2.39. The van der Waals surface area contributed by atoms with Gasteiger partial charge in [0.2, 0.25) is 0 Å². The molecular weight excluding hydrogens is 968 g/mol. The van der Waals surface area contributed by atoms with E-state index < -0.39 is 64.9 Å². The molecule has 2 unspecified atom stereocenters. The molecule has 0 radical (unpaired) electrons. The summed E-state index contributed by atoms with van der Waals surface area (Å²) < 4.78 is 65.7. The predicted molar refractivity (Wildman–Crippen MR) is 245 cm³/mol. The van der Waals surface area contributed by atoms with Gasteiger partial charge in [-0.25, -0.2) is 0 Å². The minimum Gasteiger partial charge on any atom is -0.304 e. The van der Waals surface area contributed by atoms with Crippen molar-refractivity contribution in [1.82, 2.24) is 0 Å². The number of anilines is 3. The summed E-state index contributed by atoms with van der Waals surface area (Å²) in [5, 5.41) is 26.1. The molecule has 2 atom stereocenters. The number of carbonyl (C=O) groups excluding carboxylic acids is 3. The van der Waals surface area contributed by atoms with E-state index in [0.29, 0.717) is 11.3 Å². The molecule has 2 aliphatic heterocycles. The first-order chi connectivity index (χ1) is 30.6. The number of rotatable bonds is 12. The van der Waals surface area contributed by atoms with E-state index in [4.69, 9.17) is 46.4 Å². The summed E-state index contributed by atoms with van der Waals surface area (Å²) in [5.41, 5.74) is 3.00. The van der Waals surface area contributed by atoms with Crippen molar-refractivity contribution in [3.8, 4) is 0 Å². The summed E-state index contributed by atoms with van der Waals surface area (Å²) in [6.45, 7) is 4.99. The van der Waals surface area contributed by atoms with E-state index in [2.05, 4.69) is 30.7 Å². The lowest BCUT2D eigenvalue weighted by molar-refractivity contribution is -0.118. The lowest BCUT2D eigenvalue weighted by atomic mass is 10.1. The van der Waals surface area contributed by atoms with Crippen LogP contribution in [0.1, 0.15) is 35.3 Å². The lowest BCUT2D eigenvalue weighted by Crippen LogP contribution is -2.31. The first-order valence-corrected chi connectivity index (χ1v) is 23.1. The summed E-state index contributed by atoms with van der Waals surface area (Å²) >= 11 is 24.7. The van der Waals surface area contributed by atoms with Crippen molar-refractivity contribution in [3.05, 3.63) is 134 Å². The van der Waals surface area contributed by atoms with Gasteiger partial charge in [0.1, 0.15) is 9.79 Å². The van der Waals surface area contributed by atoms with Crippen LogP contribution < -0.4 is 14.9 Å². The third-order valence-electron chi connectivity index (χ3n) is 9.79. The van der Waals surface area contributed by atoms with Crippen LogP contribution in [-0.4, -0.2) is 67.2 Å². The van der Waals surface area contributed by atoms with Crippen LogP contribution in [0.3, 0.4) is 0 Å². The average Bonchev–Trinajstić information content (AvgIpc) is 3.70. The summed E-state index contributed by atoms with van der Waals surface area (Å²) in [6.07, 6.45) is 0. The van der Waals surface area contributed by atoms with Gasteiger partial charge in [-0.2, -0.15) is 57.5 Å². The molecule has 0 spiro atoms. The van der Waals surface area contributed by atoms with Crippen LogP contribution in [0, 0.1) is 6.92 Å². The minimum absolute atomic E-state index is 0.0488. The van der Waals surface area contributed by atoms with E-state index in [0.717, 1.165) is 39.8 Å². The Morgan fingerprint density at radius 2 is 1.14 bits per heavy atom. The first kappa shape index (κ1) is 47.0. The zero-order chi connectivity index (χ0) is 47.1. The van der Waals surface area contributed by atoms with Crippen LogP contribution in [0.4, 0.5) is 28.4 Å². The molecular formula is C41H31Cl4N9O9S2. The number of azo groups is 2. The molecule has 334 valence electrons. The van der Waals surface area contributed by atoms with Gasteiger partial charge in [0.25, 0.3) is 38.0 Å². The third kappa shape index (κ3) is 9.99. The molecule has 0 bridgehead atoms. The smallest absolute Gasteiger partial charge is 0.296 e. The van der Waals surface area contributed by atoms with Crippen LogP contribution in [-0.2, 0) is 36.4 Å². The molecule has 0 saturated carbocycles. The van der Waals surface area contributed by atoms with Gasteiger partial charge in [-0.3, -0.25) is 23.5 Å². The molecule has 5 aromatic rings. The van der Waals surface area contributed by atoms with E-state index in [1.165, 1.54) is 24.8 Å². The molecule has 2 heterocycles. The van der Waals surface area contributed by atoms with Crippen molar-refractivity contribution in [2.45, 2.75) is 49.2 Å². The van der Waals surface area contributed by atoms with Crippen LogP contribution in [0.5, 0.6) is 0 Å². The number of aryl methyl sites for hydroxylation is 1. The second kappa shape index (κ2) is 18.5. The Bertz CT molecular complexity index is 3170. The minimum atomic E-state index is -4.71. The normalized spacial score (nSPS) is 16.8. The van der Waals surface area contributed by atoms with Gasteiger partial charge in [-0.15, -0.1) is 0 Å². The molecule has 0 aliphatic carbocycles. The highest BCUT2D eigenvalue weighted by atomic mass is 35.5. The summed E-state index contributed by atoms with van der Waals surface area (Å²) in [4.78, 5) is 41.8. The molecule has 65 heavy (non-hydrogen) atoms. The topological polar surface area (TPSA) is 244 Å². The number of benzene rings is 5. The predicted octanol–water partition coefficient (Wildman–Crippen LogP) is 9.70. The Hall–Kier alpha value is -5.97. The Morgan fingerprint density at radius 1 is 0.646 bits per heavy atom. The molecule has 0 aromatic heterocycles. The van der Waals surface area contributed by atoms with Gasteiger partial charge in [0, 0.05) is 11.3 Å². The van der Waals surface area contributed by atoms with E-state index in [1.54, 1.807) is 43.3 Å². The monoisotopic (exact) mass is 997 g/mol. The van der Waals surface area contributed by atoms with Crippen LogP contribution >= 0.6 is 46.4 Å². The number of amides is 3. The van der Waals surface area contributed by atoms with E-state index >= 15 is 0 Å². The number of hydrogen-bond acceptors (Lipinski definition) is 13. The van der Waals surface area contributed by atoms with Crippen LogP contribution in [0.25, 0.3) is 0 Å². The number of carbonyl (C=O) groups is 3. The zero-order valence-electron chi connectivity index (χ0n) is 33.7. The molecule has 24 heteroatoms. The van der Waals surface area contributed by atoms with Crippen molar-refractivity contribution in [2.75, 3.05) is 14.9 Å². The maximum atomic E-state index is 14.5. The number of hydrazone groups is 2. The Morgan fingerprint density at radius 3 is 1.63 bits per heavy atom. The van der Waals surface area contributed by atoms with Crippen LogP contribution in [0.15, 0.2) is 138 Å². The fourth-order valence-corrected chi connectivity index (χ4v) is 9.23. The second-order valence-electron chi connectivity index (χ2n) is 14.3. The van der Waals surface area contributed by atoms with Crippen molar-refractivity contribution in [1.29, 1.82) is 0 Å². The number of hydrogen-bond donors (Lipinski definition) is 2. The summed E-state index contributed by atoms with van der Waals surface area (Å²) in [6, 6.07) is 22.0. The highest BCUT2D eigenvalue weighted by Gasteiger charge is 2.38. The standard InChI is InChI=1S/C41H31Cl4N9O9S2/c1-21-12-13-27(47-49-38-23(3)51-54(41(38)57)34-17-31(45)36(19-29(34)43)65(61,62)63)15-32(21)52(20-24-8-5-4-6-9-24)39(55)25-10-7-11-26(14-25)46-48-37-22(2)50-53(40(37)56)33-16-30(44)35(18-28(33)42)64(58,59)60/h4-19,37-38H,20H2,1-3H3,(H,58,59,60)(H,61,62,63). The van der Waals surface area contributed by atoms with E-state index in [1.807, 2.05) is 30.3 Å². The van der Waals surface area contributed by atoms with Gasteiger partial charge in [-0.1, -0.05) is 88.9 Å². The number of halogens is 4. The largest absolute Gasteiger partial charge is 0.304 e. The maximum absolute atomic E-state index is 14.5. The third-order valence-corrected chi connectivity index (χ3v) is 13.0. The van der Waals surface area contributed by atoms with Gasteiger partial charge in [0.05, 0.1) is 60.8 Å².